The van der Waals surface area contributed by atoms with E-state index in [9.17, 15) is 0 Å². The van der Waals surface area contributed by atoms with Crippen molar-refractivity contribution in [3.8, 4) is 33.4 Å². The average Bonchev–Trinajstić information content (AvgIpc) is 3.90. The molecule has 3 heteroatoms. The van der Waals surface area contributed by atoms with E-state index < -0.39 is 0 Å². The minimum absolute atomic E-state index is 0.928. The zero-order chi connectivity index (χ0) is 33.0. The summed E-state index contributed by atoms with van der Waals surface area (Å²) >= 11 is 0. The highest BCUT2D eigenvalue weighted by molar-refractivity contribution is 5.98. The van der Waals surface area contributed by atoms with Gasteiger partial charge in [-0.2, -0.15) is 0 Å². The highest BCUT2D eigenvalue weighted by atomic mass is 16.3. The van der Waals surface area contributed by atoms with Crippen molar-refractivity contribution in [1.82, 2.24) is 0 Å². The molecule has 0 spiro atoms. The third-order valence-electron chi connectivity index (χ3n) is 10.2. The molecule has 10 rings (SSSR count). The number of furan rings is 2. The summed E-state index contributed by atoms with van der Waals surface area (Å²) in [5.41, 5.74) is 14.7. The summed E-state index contributed by atoms with van der Waals surface area (Å²) in [6.45, 7) is 0. The van der Waals surface area contributed by atoms with E-state index in [1.165, 1.54) is 33.0 Å². The number of fused-ring (bicyclic) bond motifs is 6. The van der Waals surface area contributed by atoms with Gasteiger partial charge in [0.2, 0.25) is 0 Å². The van der Waals surface area contributed by atoms with Crippen LogP contribution in [0.2, 0.25) is 0 Å². The second kappa shape index (κ2) is 11.7. The molecule has 0 bridgehead atoms. The van der Waals surface area contributed by atoms with Gasteiger partial charge < -0.3 is 13.7 Å². The number of rotatable bonds is 6. The Bertz CT molecular complexity index is 2580. The Hall–Kier alpha value is -6.32. The van der Waals surface area contributed by atoms with Gasteiger partial charge in [0.05, 0.1) is 0 Å². The zero-order valence-electron chi connectivity index (χ0n) is 27.5. The van der Waals surface area contributed by atoms with Crippen LogP contribution in [0, 0.1) is 0 Å². The molecule has 50 heavy (non-hydrogen) atoms. The van der Waals surface area contributed by atoms with Gasteiger partial charge >= 0.3 is 0 Å². The highest BCUT2D eigenvalue weighted by Crippen LogP contribution is 2.42. The Morgan fingerprint density at radius 3 is 1.52 bits per heavy atom. The quantitative estimate of drug-likeness (QED) is 0.181. The van der Waals surface area contributed by atoms with Crippen LogP contribution in [0.1, 0.15) is 29.1 Å². The van der Waals surface area contributed by atoms with Gasteiger partial charge in [0.25, 0.3) is 0 Å². The number of hydrogen-bond donors (Lipinski definition) is 0. The maximum absolute atomic E-state index is 6.42. The van der Waals surface area contributed by atoms with E-state index in [1.807, 2.05) is 0 Å². The van der Waals surface area contributed by atoms with Crippen molar-refractivity contribution in [1.29, 1.82) is 0 Å². The third-order valence-corrected chi connectivity index (χ3v) is 10.2. The Balaban J connectivity index is 1.04. The highest BCUT2D eigenvalue weighted by Gasteiger charge is 2.20. The molecule has 0 radical (unpaired) electrons. The zero-order valence-corrected chi connectivity index (χ0v) is 27.5. The van der Waals surface area contributed by atoms with Crippen LogP contribution in [-0.2, 0) is 12.8 Å². The molecule has 2 aromatic heterocycles. The predicted molar refractivity (Wildman–Crippen MR) is 207 cm³/mol. The molecule has 2 aliphatic rings. The number of nitrogens with zero attached hydrogens (tertiary/aromatic N) is 1. The van der Waals surface area contributed by atoms with Crippen molar-refractivity contribution in [2.75, 3.05) is 4.90 Å². The topological polar surface area (TPSA) is 29.5 Å². The summed E-state index contributed by atoms with van der Waals surface area (Å²) in [6, 6.07) is 50.1. The maximum Gasteiger partial charge on any atom is 0.142 e. The summed E-state index contributed by atoms with van der Waals surface area (Å²) in [5.74, 6) is 1.98. The lowest BCUT2D eigenvalue weighted by Gasteiger charge is -2.26. The summed E-state index contributed by atoms with van der Waals surface area (Å²) in [4.78, 5) is 2.33. The van der Waals surface area contributed by atoms with E-state index in [-0.39, 0.29) is 0 Å². The number of aryl methyl sites for hydroxylation is 1. The Labute approximate surface area is 291 Å². The van der Waals surface area contributed by atoms with E-state index in [0.717, 1.165) is 81.3 Å². The molecule has 0 amide bonds. The molecule has 0 fully saturated rings. The van der Waals surface area contributed by atoms with Crippen molar-refractivity contribution in [2.45, 2.75) is 19.3 Å². The van der Waals surface area contributed by atoms with Crippen molar-refractivity contribution < 1.29 is 8.83 Å². The van der Waals surface area contributed by atoms with Gasteiger partial charge in [0, 0.05) is 50.1 Å². The van der Waals surface area contributed by atoms with Gasteiger partial charge in [-0.15, -0.1) is 0 Å². The second-order valence-electron chi connectivity index (χ2n) is 13.1. The first-order chi connectivity index (χ1) is 24.8. The molecular weight excluding hydrogens is 611 g/mol. The molecule has 0 saturated carbocycles. The summed E-state index contributed by atoms with van der Waals surface area (Å²) in [7, 11) is 0. The molecule has 0 N–H and O–H groups in total. The van der Waals surface area contributed by atoms with E-state index in [1.54, 1.807) is 0 Å². The van der Waals surface area contributed by atoms with E-state index in [2.05, 4.69) is 169 Å². The molecule has 2 aliphatic carbocycles. The standard InChI is InChI=1S/C47H33NO2/c1-2-9-31(10-3-1)32-19-25-35(26-20-32)48(37-29-23-34(24-30-37)39-13-7-16-43-41-14-8-18-45(41)50-47(39)43)36-27-21-33(22-28-36)38-12-6-15-42-40-11-4-5-17-44(40)49-46(38)42/h1-3,5-10,12-13,15-30H,4,11,14H2. The summed E-state index contributed by atoms with van der Waals surface area (Å²) < 4.78 is 12.8. The second-order valence-corrected chi connectivity index (χ2v) is 13.1. The average molecular weight is 644 g/mol. The fourth-order valence-electron chi connectivity index (χ4n) is 7.73. The largest absolute Gasteiger partial charge is 0.456 e. The molecule has 0 saturated heterocycles. The van der Waals surface area contributed by atoms with Gasteiger partial charge in [-0.25, -0.2) is 0 Å². The van der Waals surface area contributed by atoms with E-state index in [0.29, 0.717) is 0 Å². The number of benzene rings is 6. The monoisotopic (exact) mass is 643 g/mol. The maximum atomic E-state index is 6.42. The molecule has 0 atom stereocenters. The van der Waals surface area contributed by atoms with Gasteiger partial charge in [0.15, 0.2) is 0 Å². The number of hydrogen-bond acceptors (Lipinski definition) is 3. The first-order valence-corrected chi connectivity index (χ1v) is 17.4. The van der Waals surface area contributed by atoms with Gasteiger partial charge in [-0.3, -0.25) is 0 Å². The van der Waals surface area contributed by atoms with Crippen LogP contribution in [0.5, 0.6) is 0 Å². The summed E-state index contributed by atoms with van der Waals surface area (Å²) in [6.07, 6.45) is 11.6. The molecule has 2 heterocycles. The lowest BCUT2D eigenvalue weighted by Crippen LogP contribution is -2.09. The van der Waals surface area contributed by atoms with Gasteiger partial charge in [0.1, 0.15) is 22.7 Å². The van der Waals surface area contributed by atoms with Crippen molar-refractivity contribution in [3.63, 3.8) is 0 Å². The van der Waals surface area contributed by atoms with Crippen molar-refractivity contribution in [3.05, 3.63) is 174 Å². The van der Waals surface area contributed by atoms with Crippen LogP contribution < -0.4 is 4.90 Å². The fourth-order valence-corrected chi connectivity index (χ4v) is 7.73. The SMILES string of the molecule is C1=Cc2oc3c(-c4ccc(N(c5ccc(-c6ccccc6)cc5)c5ccc(-c6cccc7c8c(oc67)C=CC8)cc5)cc4)cccc3c2CC1. The fraction of sp³-hybridized carbons (Fsp3) is 0.0638. The minimum atomic E-state index is 0.928. The van der Waals surface area contributed by atoms with Crippen LogP contribution in [0.15, 0.2) is 161 Å². The Kier molecular flexibility index (Phi) is 6.70. The minimum Gasteiger partial charge on any atom is -0.456 e. The summed E-state index contributed by atoms with van der Waals surface area (Å²) in [5, 5.41) is 2.42. The molecule has 0 aliphatic heterocycles. The molecule has 238 valence electrons. The molecule has 6 aromatic carbocycles. The van der Waals surface area contributed by atoms with Gasteiger partial charge in [-0.1, -0.05) is 115 Å². The lowest BCUT2D eigenvalue weighted by atomic mass is 9.97. The molecule has 8 aromatic rings. The van der Waals surface area contributed by atoms with Crippen LogP contribution in [0.4, 0.5) is 17.1 Å². The van der Waals surface area contributed by atoms with Crippen LogP contribution in [-0.4, -0.2) is 0 Å². The van der Waals surface area contributed by atoms with Crippen LogP contribution >= 0.6 is 0 Å². The van der Waals surface area contributed by atoms with Gasteiger partial charge in [-0.05, 0) is 90.1 Å². The molecule has 3 nitrogen and oxygen atoms in total. The first-order valence-electron chi connectivity index (χ1n) is 17.4. The van der Waals surface area contributed by atoms with Crippen LogP contribution in [0.3, 0.4) is 0 Å². The normalized spacial score (nSPS) is 13.2. The molecular formula is C47H33NO2. The Morgan fingerprint density at radius 1 is 0.420 bits per heavy atom. The number of para-hydroxylation sites is 2. The lowest BCUT2D eigenvalue weighted by molar-refractivity contribution is 0.596. The smallest absolute Gasteiger partial charge is 0.142 e. The predicted octanol–water partition coefficient (Wildman–Crippen LogP) is 13.2. The third kappa shape index (κ3) is 4.74. The Morgan fingerprint density at radius 2 is 0.920 bits per heavy atom. The van der Waals surface area contributed by atoms with Crippen LogP contribution in [0.25, 0.3) is 67.5 Å². The number of allylic oxidation sites excluding steroid dienone is 2. The molecule has 0 unspecified atom stereocenters. The van der Waals surface area contributed by atoms with Crippen molar-refractivity contribution >= 4 is 51.2 Å². The number of anilines is 3. The van der Waals surface area contributed by atoms with E-state index in [4.69, 9.17) is 8.83 Å². The van der Waals surface area contributed by atoms with Crippen molar-refractivity contribution in [2.24, 2.45) is 0 Å². The van der Waals surface area contributed by atoms with E-state index >= 15 is 0 Å². The first kappa shape index (κ1) is 28.7.